The van der Waals surface area contributed by atoms with Gasteiger partial charge in [-0.25, -0.2) is 4.79 Å². The van der Waals surface area contributed by atoms with Crippen molar-refractivity contribution in [3.05, 3.63) is 69.9 Å². The van der Waals surface area contributed by atoms with Crippen LogP contribution in [0.3, 0.4) is 0 Å². The third-order valence-electron chi connectivity index (χ3n) is 5.43. The molecule has 0 fully saturated rings. The van der Waals surface area contributed by atoms with E-state index in [1.807, 2.05) is 31.0 Å². The number of fused-ring (bicyclic) bond motifs is 1. The van der Waals surface area contributed by atoms with Gasteiger partial charge in [0, 0.05) is 18.8 Å². The highest BCUT2D eigenvalue weighted by atomic mass is 16.5. The number of aromatic nitrogens is 3. The number of nitriles is 1. The van der Waals surface area contributed by atoms with E-state index in [0.717, 1.165) is 17.1 Å². The van der Waals surface area contributed by atoms with Crippen molar-refractivity contribution in [2.24, 2.45) is 0 Å². The van der Waals surface area contributed by atoms with Gasteiger partial charge in [0.15, 0.2) is 0 Å². The van der Waals surface area contributed by atoms with Gasteiger partial charge in [-0.3, -0.25) is 9.55 Å². The van der Waals surface area contributed by atoms with Gasteiger partial charge < -0.3 is 14.4 Å². The molecule has 158 valence electrons. The maximum atomic E-state index is 12.4. The van der Waals surface area contributed by atoms with Crippen molar-refractivity contribution < 1.29 is 9.47 Å². The number of rotatable bonds is 5. The van der Waals surface area contributed by atoms with E-state index < -0.39 is 0 Å². The fraction of sp³-hybridized carbons (Fsp3) is 0.304. The molecule has 2 aromatic heterocycles. The van der Waals surface area contributed by atoms with E-state index in [1.165, 1.54) is 0 Å². The molecule has 1 aromatic carbocycles. The van der Waals surface area contributed by atoms with E-state index in [9.17, 15) is 10.1 Å². The quantitative estimate of drug-likeness (QED) is 0.628. The number of hydrogen-bond donors (Lipinski definition) is 0. The van der Waals surface area contributed by atoms with Crippen molar-refractivity contribution in [2.75, 3.05) is 11.9 Å². The van der Waals surface area contributed by atoms with E-state index in [1.54, 1.807) is 35.0 Å². The number of pyridine rings is 1. The summed E-state index contributed by atoms with van der Waals surface area (Å²) in [5.41, 5.74) is 1.52. The minimum Gasteiger partial charge on any atom is -0.473 e. The van der Waals surface area contributed by atoms with Gasteiger partial charge in [-0.05, 0) is 50.6 Å². The molecule has 0 atom stereocenters. The second kappa shape index (κ2) is 7.76. The summed E-state index contributed by atoms with van der Waals surface area (Å²) in [4.78, 5) is 22.7. The summed E-state index contributed by atoms with van der Waals surface area (Å²) in [5.74, 6) is 2.02. The van der Waals surface area contributed by atoms with Crippen LogP contribution in [0.2, 0.25) is 0 Å². The lowest BCUT2D eigenvalue weighted by Gasteiger charge is -2.28. The Bertz CT molecular complexity index is 1230. The van der Waals surface area contributed by atoms with Crippen molar-refractivity contribution >= 4 is 5.82 Å². The van der Waals surface area contributed by atoms with Crippen molar-refractivity contribution in [1.29, 1.82) is 5.26 Å². The average molecular weight is 417 g/mol. The molecule has 0 aliphatic carbocycles. The number of ether oxygens (including phenoxy) is 2. The van der Waals surface area contributed by atoms with Crippen LogP contribution in [0.1, 0.15) is 30.7 Å². The fourth-order valence-corrected chi connectivity index (χ4v) is 3.42. The van der Waals surface area contributed by atoms with Crippen LogP contribution in [-0.4, -0.2) is 27.1 Å². The summed E-state index contributed by atoms with van der Waals surface area (Å²) in [6.07, 6.45) is 1.61. The lowest BCUT2D eigenvalue weighted by molar-refractivity contribution is 0.291. The normalized spacial score (nSPS) is 14.1. The van der Waals surface area contributed by atoms with Crippen LogP contribution in [0, 0.1) is 18.3 Å². The van der Waals surface area contributed by atoms with E-state index in [2.05, 4.69) is 29.9 Å². The molecule has 8 heteroatoms. The second-order valence-corrected chi connectivity index (χ2v) is 8.16. The van der Waals surface area contributed by atoms with Crippen LogP contribution < -0.4 is 20.1 Å². The Kier molecular flexibility index (Phi) is 5.11. The lowest BCUT2D eigenvalue weighted by Crippen LogP contribution is -2.38. The SMILES string of the molecule is Cc1ccc(Oc2ccc(COc3cc4n(c(=O)n3)CC(C)(C)N4C)cc2C#N)cn1. The molecule has 0 bridgehead atoms. The molecule has 1 aliphatic rings. The smallest absolute Gasteiger partial charge is 0.352 e. The first-order valence-electron chi connectivity index (χ1n) is 9.89. The summed E-state index contributed by atoms with van der Waals surface area (Å²) in [6, 6.07) is 12.8. The predicted molar refractivity (Wildman–Crippen MR) is 116 cm³/mol. The molecule has 1 aliphatic heterocycles. The second-order valence-electron chi connectivity index (χ2n) is 8.16. The molecule has 31 heavy (non-hydrogen) atoms. The summed E-state index contributed by atoms with van der Waals surface area (Å²) < 4.78 is 13.2. The van der Waals surface area contributed by atoms with Gasteiger partial charge in [0.25, 0.3) is 0 Å². The van der Waals surface area contributed by atoms with Crippen LogP contribution in [-0.2, 0) is 13.2 Å². The fourth-order valence-electron chi connectivity index (χ4n) is 3.42. The number of benzene rings is 1. The maximum Gasteiger partial charge on any atom is 0.352 e. The first kappa shape index (κ1) is 20.4. The number of nitrogens with zero attached hydrogens (tertiary/aromatic N) is 5. The van der Waals surface area contributed by atoms with Crippen molar-refractivity contribution in [3.8, 4) is 23.4 Å². The first-order valence-corrected chi connectivity index (χ1v) is 9.89. The molecule has 0 N–H and O–H groups in total. The minimum absolute atomic E-state index is 0.170. The highest BCUT2D eigenvalue weighted by molar-refractivity contribution is 5.49. The van der Waals surface area contributed by atoms with Crippen molar-refractivity contribution in [1.82, 2.24) is 14.5 Å². The molecule has 0 amide bonds. The summed E-state index contributed by atoms with van der Waals surface area (Å²) in [6.45, 7) is 6.78. The standard InChI is InChI=1S/C23H23N5O3/c1-15-5-7-18(12-25-15)31-19-8-6-16(9-17(19)11-24)13-30-20-10-21-27(4)23(2,3)14-28(21)22(29)26-20/h5-10,12H,13-14H2,1-4H3. The summed E-state index contributed by atoms with van der Waals surface area (Å²) >= 11 is 0. The Balaban J connectivity index is 1.50. The van der Waals surface area contributed by atoms with Crippen LogP contribution >= 0.6 is 0 Å². The Labute approximate surface area is 180 Å². The molecule has 0 unspecified atom stereocenters. The van der Waals surface area contributed by atoms with E-state index in [-0.39, 0.29) is 23.7 Å². The Morgan fingerprint density at radius 2 is 2.03 bits per heavy atom. The zero-order chi connectivity index (χ0) is 22.2. The van der Waals surface area contributed by atoms with Gasteiger partial charge in [-0.1, -0.05) is 6.07 Å². The Hall–Kier alpha value is -3.86. The molecule has 0 spiro atoms. The molecule has 8 nitrogen and oxygen atoms in total. The van der Waals surface area contributed by atoms with Gasteiger partial charge in [0.2, 0.25) is 5.88 Å². The first-order chi connectivity index (χ1) is 14.8. The molecule has 0 radical (unpaired) electrons. The molecule has 3 heterocycles. The number of aryl methyl sites for hydroxylation is 1. The van der Waals surface area contributed by atoms with Crippen LogP contribution in [0.5, 0.6) is 17.4 Å². The van der Waals surface area contributed by atoms with Crippen molar-refractivity contribution in [3.63, 3.8) is 0 Å². The van der Waals surface area contributed by atoms with Crippen molar-refractivity contribution in [2.45, 2.75) is 39.5 Å². The van der Waals surface area contributed by atoms with Crippen LogP contribution in [0.15, 0.2) is 47.4 Å². The van der Waals surface area contributed by atoms with E-state index in [0.29, 0.717) is 23.6 Å². The van der Waals surface area contributed by atoms with Gasteiger partial charge in [-0.2, -0.15) is 10.2 Å². The van der Waals surface area contributed by atoms with E-state index in [4.69, 9.17) is 9.47 Å². The lowest BCUT2D eigenvalue weighted by atomic mass is 10.1. The maximum absolute atomic E-state index is 12.4. The largest absolute Gasteiger partial charge is 0.473 e. The zero-order valence-corrected chi connectivity index (χ0v) is 17.9. The number of anilines is 1. The molecule has 3 aromatic rings. The Morgan fingerprint density at radius 1 is 1.23 bits per heavy atom. The zero-order valence-electron chi connectivity index (χ0n) is 17.9. The molecule has 0 saturated carbocycles. The highest BCUT2D eigenvalue weighted by Crippen LogP contribution is 2.32. The Morgan fingerprint density at radius 3 is 2.74 bits per heavy atom. The van der Waals surface area contributed by atoms with Gasteiger partial charge in [-0.15, -0.1) is 0 Å². The predicted octanol–water partition coefficient (Wildman–Crippen LogP) is 3.42. The monoisotopic (exact) mass is 417 g/mol. The molecular weight excluding hydrogens is 394 g/mol. The highest BCUT2D eigenvalue weighted by Gasteiger charge is 2.34. The average Bonchev–Trinajstić information content (AvgIpc) is 2.98. The summed E-state index contributed by atoms with van der Waals surface area (Å²) in [5, 5.41) is 9.52. The molecular formula is C23H23N5O3. The van der Waals surface area contributed by atoms with E-state index >= 15 is 0 Å². The minimum atomic E-state index is -0.335. The van der Waals surface area contributed by atoms with Crippen LogP contribution in [0.25, 0.3) is 0 Å². The van der Waals surface area contributed by atoms with Gasteiger partial charge in [0.05, 0.1) is 23.8 Å². The third-order valence-corrected chi connectivity index (χ3v) is 5.43. The third kappa shape index (κ3) is 4.08. The molecule has 0 saturated heterocycles. The van der Waals surface area contributed by atoms with Gasteiger partial charge in [0.1, 0.15) is 30.0 Å². The number of hydrogen-bond acceptors (Lipinski definition) is 7. The molecule has 4 rings (SSSR count). The summed E-state index contributed by atoms with van der Waals surface area (Å²) in [7, 11) is 1.95. The topological polar surface area (TPSA) is 93.3 Å². The van der Waals surface area contributed by atoms with Crippen LogP contribution in [0.4, 0.5) is 5.82 Å². The number of likely N-dealkylation sites (N-methyl/N-ethyl adjacent to an activating group) is 1. The van der Waals surface area contributed by atoms with Gasteiger partial charge >= 0.3 is 5.69 Å².